The van der Waals surface area contributed by atoms with E-state index < -0.39 is 7.75 Å². The summed E-state index contributed by atoms with van der Waals surface area (Å²) in [6.07, 6.45) is 0. The molecule has 2 fully saturated rings. The predicted molar refractivity (Wildman–Crippen MR) is 35.1 cm³/mol. The predicted octanol–water partition coefficient (Wildman–Crippen LogP) is -5.10. The summed E-state index contributed by atoms with van der Waals surface area (Å²) in [5, 5.41) is 4.50. The molecule has 2 rings (SSSR count). The van der Waals surface area contributed by atoms with E-state index in [2.05, 4.69) is 16.1 Å². The fourth-order valence-corrected chi connectivity index (χ4v) is 0. The van der Waals surface area contributed by atoms with Crippen molar-refractivity contribution in [2.24, 2.45) is 5.50 Å². The quantitative estimate of drug-likeness (QED) is 0.257. The minimum Gasteiger partial charge on any atom is -0.799 e. The lowest BCUT2D eigenvalue weighted by Gasteiger charge is -2.21. The van der Waals surface area contributed by atoms with Crippen LogP contribution in [0.3, 0.4) is 0 Å². The van der Waals surface area contributed by atoms with Crippen LogP contribution in [0.25, 0.3) is 0 Å². The van der Waals surface area contributed by atoms with Gasteiger partial charge in [0.15, 0.2) is 0 Å². The van der Waals surface area contributed by atoms with Gasteiger partial charge in [0.25, 0.3) is 0 Å². The van der Waals surface area contributed by atoms with Crippen molar-refractivity contribution < 1.29 is 25.0 Å². The van der Waals surface area contributed by atoms with E-state index in [1.807, 2.05) is 0 Å². The van der Waals surface area contributed by atoms with E-state index >= 15 is 0 Å². The highest BCUT2D eigenvalue weighted by atomic mass is 31.2. The first-order chi connectivity index (χ1) is 5.00. The average Bonchev–Trinajstić information content (AvgIpc) is 2.58. The molecule has 0 spiro atoms. The molecule has 7 heteroatoms. The lowest BCUT2D eigenvalue weighted by molar-refractivity contribution is -0.473. The van der Waals surface area contributed by atoms with Gasteiger partial charge < -0.3 is 30.5 Å². The van der Waals surface area contributed by atoms with Crippen molar-refractivity contribution in [3.05, 3.63) is 0 Å². The second kappa shape index (κ2) is 5.65. The molecular weight excluding hydrogens is 169 g/mol. The number of quaternary nitrogens is 2. The van der Waals surface area contributed by atoms with Crippen molar-refractivity contribution in [2.75, 3.05) is 26.2 Å². The van der Waals surface area contributed by atoms with Gasteiger partial charge in [-0.3, -0.25) is 0 Å². The molecule has 0 aliphatic carbocycles. The molecule has 0 aromatic heterocycles. The monoisotopic (exact) mass is 183 g/mol. The maximum atomic E-state index is 8.88. The normalized spacial score (nSPS) is 18.5. The molecule has 11 heavy (non-hydrogen) atoms. The Bertz CT molecular complexity index is 113. The highest BCUT2D eigenvalue weighted by Gasteiger charge is 1.99. The Hall–Kier alpha value is 0.0300. The minimum absolute atomic E-state index is 1.38. The molecular formula is C4H14N3O3P. The van der Waals surface area contributed by atoms with Crippen molar-refractivity contribution in [1.82, 2.24) is 0 Å². The number of rotatable bonds is 0. The molecule has 0 unspecified atom stereocenters. The zero-order valence-corrected chi connectivity index (χ0v) is 7.13. The summed E-state index contributed by atoms with van der Waals surface area (Å²) in [6.45, 7) is 5.50. The zero-order chi connectivity index (χ0) is 8.74. The van der Waals surface area contributed by atoms with Gasteiger partial charge in [0.05, 0.1) is 0 Å². The van der Waals surface area contributed by atoms with Crippen LogP contribution >= 0.6 is 7.75 Å². The number of hydrogen-bond acceptors (Lipinski definition) is 3. The van der Waals surface area contributed by atoms with Gasteiger partial charge in [-0.2, -0.15) is 0 Å². The maximum absolute atomic E-state index is 8.88. The molecule has 2 aliphatic rings. The first kappa shape index (κ1) is 11.0. The van der Waals surface area contributed by atoms with E-state index in [4.69, 9.17) is 14.4 Å². The third kappa shape index (κ3) is 157. The fourth-order valence-electron chi connectivity index (χ4n) is 0. The van der Waals surface area contributed by atoms with Crippen LogP contribution in [0, 0.1) is 0 Å². The maximum Gasteiger partial charge on any atom is 0.125 e. The Kier molecular flexibility index (Phi) is 5.67. The molecule has 0 bridgehead atoms. The zero-order valence-electron chi connectivity index (χ0n) is 6.23. The van der Waals surface area contributed by atoms with Crippen molar-refractivity contribution in [3.63, 3.8) is 0 Å². The number of hydrogen-bond donors (Lipinski definition) is 3. The largest absolute Gasteiger partial charge is 0.799 e. The van der Waals surface area contributed by atoms with Gasteiger partial charge >= 0.3 is 0 Å². The van der Waals surface area contributed by atoms with Crippen LogP contribution < -0.4 is 25.9 Å². The van der Waals surface area contributed by atoms with Crippen LogP contribution in [0.1, 0.15) is 0 Å². The Morgan fingerprint density at radius 1 is 1.09 bits per heavy atom. The highest BCUT2D eigenvalue weighted by Crippen LogP contribution is 2.04. The lowest BCUT2D eigenvalue weighted by atomic mass is 11.0. The average molecular weight is 183 g/mol. The van der Waals surface area contributed by atoms with E-state index in [1.165, 1.54) is 26.2 Å². The molecule has 68 valence electrons. The molecule has 2 heterocycles. The standard InChI is InChI=1S/2C2H5N.H4NO3P/c2*1-2-3-1;1-5(2,3)4/h2*3H,1-2H2;(H4,1,2,3,4). The lowest BCUT2D eigenvalue weighted by Crippen LogP contribution is -2.55. The Balaban J connectivity index is 0.000000142. The molecule has 2 saturated heterocycles. The van der Waals surface area contributed by atoms with Crippen molar-refractivity contribution in [1.29, 1.82) is 0 Å². The Morgan fingerprint density at radius 3 is 1.18 bits per heavy atom. The van der Waals surface area contributed by atoms with E-state index in [1.54, 1.807) is 0 Å². The molecule has 0 amide bonds. The smallest absolute Gasteiger partial charge is 0.125 e. The van der Waals surface area contributed by atoms with Crippen LogP contribution in [0.2, 0.25) is 0 Å². The third-order valence-corrected chi connectivity index (χ3v) is 0.577. The second-order valence-electron chi connectivity index (χ2n) is 2.27. The van der Waals surface area contributed by atoms with Gasteiger partial charge in [0.2, 0.25) is 0 Å². The van der Waals surface area contributed by atoms with E-state index in [9.17, 15) is 0 Å². The summed E-state index contributed by atoms with van der Waals surface area (Å²) >= 11 is 0. The van der Waals surface area contributed by atoms with Crippen LogP contribution in [0.4, 0.5) is 0 Å². The van der Waals surface area contributed by atoms with Gasteiger partial charge in [-0.15, -0.1) is 0 Å². The molecule has 6 N–H and O–H groups in total. The first-order valence-corrected chi connectivity index (χ1v) is 5.05. The van der Waals surface area contributed by atoms with Gasteiger partial charge in [0, 0.05) is 0 Å². The molecule has 6 nitrogen and oxygen atoms in total. The molecule has 0 saturated carbocycles. The van der Waals surface area contributed by atoms with Crippen LogP contribution in [0.15, 0.2) is 0 Å². The van der Waals surface area contributed by atoms with Crippen LogP contribution in [-0.4, -0.2) is 26.2 Å². The van der Waals surface area contributed by atoms with Gasteiger partial charge in [-0.1, -0.05) is 0 Å². The highest BCUT2D eigenvalue weighted by molar-refractivity contribution is 7.45. The Labute approximate surface area is 65.4 Å². The van der Waals surface area contributed by atoms with E-state index in [-0.39, 0.29) is 0 Å². The summed E-state index contributed by atoms with van der Waals surface area (Å²) in [4.78, 5) is 17.8. The Morgan fingerprint density at radius 2 is 1.18 bits per heavy atom. The summed E-state index contributed by atoms with van der Waals surface area (Å²) in [5.74, 6) is 0. The summed E-state index contributed by atoms with van der Waals surface area (Å²) in [5.41, 5.74) is 3.80. The van der Waals surface area contributed by atoms with Gasteiger partial charge in [0.1, 0.15) is 26.2 Å². The van der Waals surface area contributed by atoms with E-state index in [0.717, 1.165) is 0 Å². The SMILES string of the molecule is C1C[NH2+]1.C1C[NH2+]1.NP(=O)([O-])[O-]. The van der Waals surface area contributed by atoms with Gasteiger partial charge in [-0.25, -0.2) is 0 Å². The van der Waals surface area contributed by atoms with Crippen molar-refractivity contribution >= 4 is 7.75 Å². The molecule has 0 aromatic carbocycles. The molecule has 0 aromatic rings. The third-order valence-electron chi connectivity index (χ3n) is 0.577. The van der Waals surface area contributed by atoms with E-state index in [0.29, 0.717) is 0 Å². The molecule has 0 atom stereocenters. The summed E-state index contributed by atoms with van der Waals surface area (Å²) in [6, 6.07) is 0. The van der Waals surface area contributed by atoms with Crippen LogP contribution in [0.5, 0.6) is 0 Å². The van der Waals surface area contributed by atoms with Gasteiger partial charge in [-0.05, 0) is 7.75 Å². The number of nitrogens with two attached hydrogens (primary N) is 3. The van der Waals surface area contributed by atoms with Crippen LogP contribution in [-0.2, 0) is 4.57 Å². The second-order valence-corrected chi connectivity index (χ2v) is 3.35. The topological polar surface area (TPSA) is 122 Å². The molecule has 2 aliphatic heterocycles. The summed E-state index contributed by atoms with van der Waals surface area (Å²) in [7, 11) is -4.64. The van der Waals surface area contributed by atoms with Crippen molar-refractivity contribution in [3.8, 4) is 0 Å². The summed E-state index contributed by atoms with van der Waals surface area (Å²) < 4.78 is 8.88. The minimum atomic E-state index is -4.64. The molecule has 0 radical (unpaired) electrons. The fraction of sp³-hybridized carbons (Fsp3) is 1.00. The first-order valence-electron chi connectivity index (χ1n) is 3.44. The van der Waals surface area contributed by atoms with Crippen molar-refractivity contribution in [2.45, 2.75) is 0 Å².